The van der Waals surface area contributed by atoms with E-state index in [1.54, 1.807) is 11.8 Å². The SMILES string of the molecule is CCNCc1ccc(SCc2nnc(CC)o2)cc1. The zero-order chi connectivity index (χ0) is 13.5. The molecule has 1 heterocycles. The van der Waals surface area contributed by atoms with Gasteiger partial charge in [-0.3, -0.25) is 0 Å². The third kappa shape index (κ3) is 4.36. The lowest BCUT2D eigenvalue weighted by Crippen LogP contribution is -2.11. The molecular formula is C14H19N3OS. The van der Waals surface area contributed by atoms with E-state index >= 15 is 0 Å². The normalized spacial score (nSPS) is 10.8. The second-order valence-electron chi connectivity index (χ2n) is 4.16. The second-order valence-corrected chi connectivity index (χ2v) is 5.20. The van der Waals surface area contributed by atoms with Crippen molar-refractivity contribution in [3.8, 4) is 0 Å². The van der Waals surface area contributed by atoms with Crippen LogP contribution in [0, 0.1) is 0 Å². The Labute approximate surface area is 118 Å². The van der Waals surface area contributed by atoms with E-state index in [4.69, 9.17) is 4.42 Å². The highest BCUT2D eigenvalue weighted by molar-refractivity contribution is 7.98. The maximum atomic E-state index is 5.48. The van der Waals surface area contributed by atoms with Crippen LogP contribution < -0.4 is 5.32 Å². The largest absolute Gasteiger partial charge is 0.424 e. The summed E-state index contributed by atoms with van der Waals surface area (Å²) in [6.07, 6.45) is 0.788. The van der Waals surface area contributed by atoms with Gasteiger partial charge in [-0.1, -0.05) is 26.0 Å². The van der Waals surface area contributed by atoms with Crippen LogP contribution in [0.5, 0.6) is 0 Å². The van der Waals surface area contributed by atoms with Gasteiger partial charge in [0, 0.05) is 17.9 Å². The zero-order valence-electron chi connectivity index (χ0n) is 11.3. The van der Waals surface area contributed by atoms with E-state index in [9.17, 15) is 0 Å². The lowest BCUT2D eigenvalue weighted by Gasteiger charge is -2.03. The third-order valence-corrected chi connectivity index (χ3v) is 3.67. The van der Waals surface area contributed by atoms with Crippen LogP contribution in [0.4, 0.5) is 0 Å². The molecule has 5 heteroatoms. The van der Waals surface area contributed by atoms with Crippen molar-refractivity contribution in [1.29, 1.82) is 0 Å². The first-order valence-electron chi connectivity index (χ1n) is 6.55. The summed E-state index contributed by atoms with van der Waals surface area (Å²) in [5.41, 5.74) is 1.30. The number of hydrogen-bond donors (Lipinski definition) is 1. The summed E-state index contributed by atoms with van der Waals surface area (Å²) in [6, 6.07) is 8.56. The average molecular weight is 277 g/mol. The van der Waals surface area contributed by atoms with Gasteiger partial charge >= 0.3 is 0 Å². The van der Waals surface area contributed by atoms with Gasteiger partial charge in [0.25, 0.3) is 0 Å². The Morgan fingerprint density at radius 1 is 1.11 bits per heavy atom. The topological polar surface area (TPSA) is 51.0 Å². The fraction of sp³-hybridized carbons (Fsp3) is 0.429. The Hall–Kier alpha value is -1.33. The van der Waals surface area contributed by atoms with Crippen LogP contribution >= 0.6 is 11.8 Å². The summed E-state index contributed by atoms with van der Waals surface area (Å²) in [5, 5.41) is 11.3. The molecule has 2 rings (SSSR count). The molecular weight excluding hydrogens is 258 g/mol. The van der Waals surface area contributed by atoms with Crippen LogP contribution in [0.2, 0.25) is 0 Å². The number of rotatable bonds is 7. The summed E-state index contributed by atoms with van der Waals surface area (Å²) >= 11 is 1.71. The molecule has 0 saturated carbocycles. The molecule has 0 aliphatic carbocycles. The quantitative estimate of drug-likeness (QED) is 0.788. The predicted molar refractivity (Wildman–Crippen MR) is 77.1 cm³/mol. The van der Waals surface area contributed by atoms with Gasteiger partial charge in [-0.15, -0.1) is 22.0 Å². The van der Waals surface area contributed by atoms with Gasteiger partial charge < -0.3 is 9.73 Å². The second kappa shape index (κ2) is 7.31. The first-order valence-corrected chi connectivity index (χ1v) is 7.54. The Morgan fingerprint density at radius 2 is 1.84 bits per heavy atom. The molecule has 1 aromatic heterocycles. The van der Waals surface area contributed by atoms with Gasteiger partial charge in [0.05, 0.1) is 5.75 Å². The number of thioether (sulfide) groups is 1. The Morgan fingerprint density at radius 3 is 2.47 bits per heavy atom. The van der Waals surface area contributed by atoms with Crippen molar-refractivity contribution in [3.05, 3.63) is 41.6 Å². The van der Waals surface area contributed by atoms with Crippen LogP contribution in [0.15, 0.2) is 33.6 Å². The first-order chi connectivity index (χ1) is 9.31. The van der Waals surface area contributed by atoms with Crippen LogP contribution in [0.3, 0.4) is 0 Å². The summed E-state index contributed by atoms with van der Waals surface area (Å²) in [7, 11) is 0. The Balaban J connectivity index is 1.85. The number of aryl methyl sites for hydroxylation is 1. The van der Waals surface area contributed by atoms with Crippen molar-refractivity contribution >= 4 is 11.8 Å². The lowest BCUT2D eigenvalue weighted by molar-refractivity contribution is 0.470. The fourth-order valence-corrected chi connectivity index (χ4v) is 2.34. The van der Waals surface area contributed by atoms with Crippen molar-refractivity contribution in [2.75, 3.05) is 6.54 Å². The van der Waals surface area contributed by atoms with Crippen LogP contribution in [-0.2, 0) is 18.7 Å². The number of nitrogens with one attached hydrogen (secondary N) is 1. The minimum absolute atomic E-state index is 0.693. The lowest BCUT2D eigenvalue weighted by atomic mass is 10.2. The van der Waals surface area contributed by atoms with E-state index in [0.717, 1.165) is 25.3 Å². The van der Waals surface area contributed by atoms with Gasteiger partial charge in [-0.2, -0.15) is 0 Å². The van der Waals surface area contributed by atoms with E-state index in [2.05, 4.69) is 46.7 Å². The van der Waals surface area contributed by atoms with Crippen molar-refractivity contribution in [2.24, 2.45) is 0 Å². The molecule has 102 valence electrons. The van der Waals surface area contributed by atoms with Gasteiger partial charge in [-0.05, 0) is 24.2 Å². The van der Waals surface area contributed by atoms with E-state index < -0.39 is 0 Å². The molecule has 4 nitrogen and oxygen atoms in total. The van der Waals surface area contributed by atoms with Crippen LogP contribution in [-0.4, -0.2) is 16.7 Å². The van der Waals surface area contributed by atoms with Crippen molar-refractivity contribution in [1.82, 2.24) is 15.5 Å². The number of nitrogens with zero attached hydrogens (tertiary/aromatic N) is 2. The van der Waals surface area contributed by atoms with Gasteiger partial charge in [-0.25, -0.2) is 0 Å². The third-order valence-electron chi connectivity index (χ3n) is 2.68. The smallest absolute Gasteiger partial charge is 0.226 e. The highest BCUT2D eigenvalue weighted by Gasteiger charge is 2.04. The van der Waals surface area contributed by atoms with E-state index in [-0.39, 0.29) is 0 Å². The summed E-state index contributed by atoms with van der Waals surface area (Å²) in [6.45, 7) is 6.03. The monoisotopic (exact) mass is 277 g/mol. The zero-order valence-corrected chi connectivity index (χ0v) is 12.2. The number of aromatic nitrogens is 2. The van der Waals surface area contributed by atoms with Crippen molar-refractivity contribution in [3.63, 3.8) is 0 Å². The Bertz CT molecular complexity index is 496. The van der Waals surface area contributed by atoms with E-state index in [0.29, 0.717) is 11.8 Å². The average Bonchev–Trinajstić information content (AvgIpc) is 2.92. The molecule has 1 N–H and O–H groups in total. The molecule has 1 aromatic carbocycles. The minimum Gasteiger partial charge on any atom is -0.424 e. The van der Waals surface area contributed by atoms with E-state index in [1.165, 1.54) is 10.5 Å². The molecule has 19 heavy (non-hydrogen) atoms. The molecule has 0 radical (unpaired) electrons. The minimum atomic E-state index is 0.693. The number of benzene rings is 1. The molecule has 0 atom stereocenters. The highest BCUT2D eigenvalue weighted by Crippen LogP contribution is 2.22. The first kappa shape index (κ1) is 14.1. The maximum absolute atomic E-state index is 5.48. The summed E-state index contributed by atoms with van der Waals surface area (Å²) in [5.74, 6) is 2.12. The molecule has 0 aliphatic rings. The Kier molecular flexibility index (Phi) is 5.42. The summed E-state index contributed by atoms with van der Waals surface area (Å²) < 4.78 is 5.48. The molecule has 0 amide bonds. The highest BCUT2D eigenvalue weighted by atomic mass is 32.2. The van der Waals surface area contributed by atoms with Crippen LogP contribution in [0.25, 0.3) is 0 Å². The van der Waals surface area contributed by atoms with Crippen LogP contribution in [0.1, 0.15) is 31.2 Å². The van der Waals surface area contributed by atoms with Crippen molar-refractivity contribution < 1.29 is 4.42 Å². The number of hydrogen-bond acceptors (Lipinski definition) is 5. The molecule has 0 unspecified atom stereocenters. The standard InChI is InChI=1S/C14H19N3OS/c1-3-13-16-17-14(18-13)10-19-12-7-5-11(6-8-12)9-15-4-2/h5-8,15H,3-4,9-10H2,1-2H3. The fourth-order valence-electron chi connectivity index (χ4n) is 1.61. The predicted octanol–water partition coefficient (Wildman–Crippen LogP) is 3.03. The molecule has 0 spiro atoms. The molecule has 2 aromatic rings. The van der Waals surface area contributed by atoms with Gasteiger partial charge in [0.1, 0.15) is 0 Å². The maximum Gasteiger partial charge on any atom is 0.226 e. The molecule has 0 bridgehead atoms. The molecule has 0 fully saturated rings. The molecule has 0 saturated heterocycles. The van der Waals surface area contributed by atoms with Gasteiger partial charge in [0.2, 0.25) is 11.8 Å². The van der Waals surface area contributed by atoms with E-state index in [1.807, 2.05) is 6.92 Å². The van der Waals surface area contributed by atoms with Crippen molar-refractivity contribution in [2.45, 2.75) is 37.5 Å². The molecule has 0 aliphatic heterocycles. The summed E-state index contributed by atoms with van der Waals surface area (Å²) in [4.78, 5) is 1.22. The van der Waals surface area contributed by atoms with Gasteiger partial charge in [0.15, 0.2) is 0 Å².